The molecule has 0 radical (unpaired) electrons. The van der Waals surface area contributed by atoms with E-state index in [4.69, 9.17) is 0 Å². The minimum Gasteiger partial charge on any atom is -0.393 e. The molecule has 0 bridgehead atoms. The Hall–Kier alpha value is -1.61. The molecule has 2 aromatic rings. The predicted molar refractivity (Wildman–Crippen MR) is 85.1 cm³/mol. The molecule has 20 heavy (non-hydrogen) atoms. The van der Waals surface area contributed by atoms with Gasteiger partial charge in [-0.15, -0.1) is 0 Å². The Balaban J connectivity index is 2.20. The van der Waals surface area contributed by atoms with Crippen LogP contribution >= 0.6 is 0 Å². The lowest BCUT2D eigenvalue weighted by molar-refractivity contribution is 0.166. The minimum atomic E-state index is -0.243. The van der Waals surface area contributed by atoms with Gasteiger partial charge in [0.2, 0.25) is 0 Å². The summed E-state index contributed by atoms with van der Waals surface area (Å²) in [5.74, 6) is 0.437. The zero-order valence-corrected chi connectivity index (χ0v) is 12.6. The Morgan fingerprint density at radius 3 is 2.70 bits per heavy atom. The van der Waals surface area contributed by atoms with Crippen LogP contribution in [-0.4, -0.2) is 22.7 Å². The number of nitrogens with one attached hydrogen (secondary N) is 1. The van der Waals surface area contributed by atoms with Crippen LogP contribution < -0.4 is 5.32 Å². The van der Waals surface area contributed by atoms with Gasteiger partial charge in [0.1, 0.15) is 0 Å². The first-order valence-corrected chi connectivity index (χ1v) is 7.40. The van der Waals surface area contributed by atoms with Crippen LogP contribution in [0.4, 0.5) is 5.69 Å². The van der Waals surface area contributed by atoms with Crippen molar-refractivity contribution >= 4 is 16.6 Å². The maximum atomic E-state index is 9.44. The molecule has 3 nitrogen and oxygen atoms in total. The van der Waals surface area contributed by atoms with E-state index in [1.807, 2.05) is 19.1 Å². The number of fused-ring (bicyclic) bond motifs is 1. The van der Waals surface area contributed by atoms with Crippen LogP contribution in [0.15, 0.2) is 30.3 Å². The average Bonchev–Trinajstić information content (AvgIpc) is 2.43. The van der Waals surface area contributed by atoms with Gasteiger partial charge in [0, 0.05) is 23.3 Å². The highest BCUT2D eigenvalue weighted by Gasteiger charge is 2.08. The second kappa shape index (κ2) is 6.71. The van der Waals surface area contributed by atoms with E-state index in [1.165, 1.54) is 0 Å². The maximum Gasteiger partial charge on any atom is 0.0726 e. The van der Waals surface area contributed by atoms with E-state index in [2.05, 4.69) is 42.3 Å². The largest absolute Gasteiger partial charge is 0.393 e. The maximum absolute atomic E-state index is 9.44. The summed E-state index contributed by atoms with van der Waals surface area (Å²) in [6, 6.07) is 10.4. The SMILES string of the molecule is CCc1cc(NCC(C)CC(C)O)c2ccccc2n1. The fraction of sp³-hybridized carbons (Fsp3) is 0.471. The summed E-state index contributed by atoms with van der Waals surface area (Å²) in [4.78, 5) is 4.65. The van der Waals surface area contributed by atoms with Crippen molar-refractivity contribution in [2.24, 2.45) is 5.92 Å². The molecule has 0 saturated carbocycles. The lowest BCUT2D eigenvalue weighted by Gasteiger charge is -2.17. The fourth-order valence-electron chi connectivity index (χ4n) is 2.51. The van der Waals surface area contributed by atoms with Crippen molar-refractivity contribution in [2.75, 3.05) is 11.9 Å². The quantitative estimate of drug-likeness (QED) is 0.844. The monoisotopic (exact) mass is 272 g/mol. The van der Waals surface area contributed by atoms with Gasteiger partial charge < -0.3 is 10.4 Å². The third-order valence-corrected chi connectivity index (χ3v) is 3.52. The van der Waals surface area contributed by atoms with E-state index in [0.717, 1.165) is 41.7 Å². The lowest BCUT2D eigenvalue weighted by Crippen LogP contribution is -2.16. The number of aliphatic hydroxyl groups is 1. The molecular formula is C17H24N2O. The van der Waals surface area contributed by atoms with Crippen molar-refractivity contribution in [2.45, 2.75) is 39.7 Å². The second-order valence-corrected chi connectivity index (χ2v) is 5.60. The van der Waals surface area contributed by atoms with Crippen molar-refractivity contribution in [1.29, 1.82) is 0 Å². The number of hydrogen-bond acceptors (Lipinski definition) is 3. The van der Waals surface area contributed by atoms with Gasteiger partial charge in [0.15, 0.2) is 0 Å². The number of pyridine rings is 1. The van der Waals surface area contributed by atoms with Crippen molar-refractivity contribution in [3.05, 3.63) is 36.0 Å². The molecule has 2 N–H and O–H groups in total. The van der Waals surface area contributed by atoms with E-state index < -0.39 is 0 Å². The zero-order valence-electron chi connectivity index (χ0n) is 12.6. The Morgan fingerprint density at radius 1 is 1.25 bits per heavy atom. The number of nitrogens with zero attached hydrogens (tertiary/aromatic N) is 1. The van der Waals surface area contributed by atoms with E-state index in [0.29, 0.717) is 5.92 Å². The van der Waals surface area contributed by atoms with Gasteiger partial charge in [-0.1, -0.05) is 32.0 Å². The highest BCUT2D eigenvalue weighted by Crippen LogP contribution is 2.24. The number of hydrogen-bond donors (Lipinski definition) is 2. The molecule has 0 amide bonds. The molecule has 0 aliphatic rings. The van der Waals surface area contributed by atoms with Crippen molar-refractivity contribution in [1.82, 2.24) is 4.98 Å². The molecular weight excluding hydrogens is 248 g/mol. The predicted octanol–water partition coefficient (Wildman–Crippen LogP) is 3.62. The lowest BCUT2D eigenvalue weighted by atomic mass is 10.0. The molecule has 1 heterocycles. The average molecular weight is 272 g/mol. The van der Waals surface area contributed by atoms with Crippen LogP contribution in [0.3, 0.4) is 0 Å². The highest BCUT2D eigenvalue weighted by atomic mass is 16.3. The number of aryl methyl sites for hydroxylation is 1. The molecule has 1 aromatic carbocycles. The summed E-state index contributed by atoms with van der Waals surface area (Å²) in [6.07, 6.45) is 1.51. The number of aromatic nitrogens is 1. The Kier molecular flexibility index (Phi) is 4.96. The van der Waals surface area contributed by atoms with E-state index >= 15 is 0 Å². The summed E-state index contributed by atoms with van der Waals surface area (Å²) in [6.45, 7) is 6.98. The van der Waals surface area contributed by atoms with Crippen LogP contribution in [-0.2, 0) is 6.42 Å². The first kappa shape index (κ1) is 14.8. The van der Waals surface area contributed by atoms with Crippen molar-refractivity contribution in [3.8, 4) is 0 Å². The third-order valence-electron chi connectivity index (χ3n) is 3.52. The van der Waals surface area contributed by atoms with Crippen LogP contribution in [0, 0.1) is 5.92 Å². The second-order valence-electron chi connectivity index (χ2n) is 5.60. The number of benzene rings is 1. The topological polar surface area (TPSA) is 45.1 Å². The first-order valence-electron chi connectivity index (χ1n) is 7.40. The molecule has 3 heteroatoms. The van der Waals surface area contributed by atoms with E-state index in [1.54, 1.807) is 0 Å². The molecule has 0 aliphatic carbocycles. The smallest absolute Gasteiger partial charge is 0.0726 e. The molecule has 2 rings (SSSR count). The number of anilines is 1. The summed E-state index contributed by atoms with van der Waals surface area (Å²) >= 11 is 0. The van der Waals surface area contributed by atoms with Gasteiger partial charge in [-0.05, 0) is 37.8 Å². The number of aliphatic hydroxyl groups excluding tert-OH is 1. The normalized spacial score (nSPS) is 14.2. The molecule has 0 aliphatic heterocycles. The van der Waals surface area contributed by atoms with E-state index in [9.17, 15) is 5.11 Å². The van der Waals surface area contributed by atoms with Crippen molar-refractivity contribution in [3.63, 3.8) is 0 Å². The van der Waals surface area contributed by atoms with Gasteiger partial charge in [-0.2, -0.15) is 0 Å². The number of para-hydroxylation sites is 1. The summed E-state index contributed by atoms with van der Waals surface area (Å²) in [5.41, 5.74) is 3.29. The summed E-state index contributed by atoms with van der Waals surface area (Å²) in [7, 11) is 0. The van der Waals surface area contributed by atoms with Crippen molar-refractivity contribution < 1.29 is 5.11 Å². The molecule has 1 aromatic heterocycles. The van der Waals surface area contributed by atoms with Gasteiger partial charge >= 0.3 is 0 Å². The van der Waals surface area contributed by atoms with Crippen LogP contribution in [0.2, 0.25) is 0 Å². The third kappa shape index (κ3) is 3.70. The Morgan fingerprint density at radius 2 is 2.00 bits per heavy atom. The van der Waals surface area contributed by atoms with Gasteiger partial charge in [0.25, 0.3) is 0 Å². The molecule has 0 spiro atoms. The number of rotatable bonds is 6. The standard InChI is InChI=1S/C17H24N2O/c1-4-14-10-17(18-11-12(2)9-13(3)20)15-7-5-6-8-16(15)19-14/h5-8,10,12-13,20H,4,9,11H2,1-3H3,(H,18,19). The Bertz CT molecular complexity index is 566. The fourth-order valence-corrected chi connectivity index (χ4v) is 2.51. The Labute approximate surface area is 121 Å². The summed E-state index contributed by atoms with van der Waals surface area (Å²) < 4.78 is 0. The molecule has 2 unspecified atom stereocenters. The van der Waals surface area contributed by atoms with Gasteiger partial charge in [0.05, 0.1) is 11.6 Å². The molecule has 2 atom stereocenters. The van der Waals surface area contributed by atoms with Crippen LogP contribution in [0.1, 0.15) is 32.9 Å². The first-order chi connectivity index (χ1) is 9.60. The van der Waals surface area contributed by atoms with Crippen LogP contribution in [0.5, 0.6) is 0 Å². The molecule has 0 saturated heterocycles. The molecule has 108 valence electrons. The summed E-state index contributed by atoms with van der Waals surface area (Å²) in [5, 5.41) is 14.1. The highest BCUT2D eigenvalue weighted by molar-refractivity contribution is 5.91. The van der Waals surface area contributed by atoms with Gasteiger partial charge in [-0.3, -0.25) is 4.98 Å². The minimum absolute atomic E-state index is 0.243. The van der Waals surface area contributed by atoms with Crippen LogP contribution in [0.25, 0.3) is 10.9 Å². The molecule has 0 fully saturated rings. The van der Waals surface area contributed by atoms with Gasteiger partial charge in [-0.25, -0.2) is 0 Å². The zero-order chi connectivity index (χ0) is 14.5. The van der Waals surface area contributed by atoms with E-state index in [-0.39, 0.29) is 6.10 Å².